The molecule has 5 nitrogen and oxygen atoms in total. The molecule has 0 spiro atoms. The van der Waals surface area contributed by atoms with Gasteiger partial charge in [-0.25, -0.2) is 0 Å². The molecule has 0 rings (SSSR count). The van der Waals surface area contributed by atoms with Crippen molar-refractivity contribution in [1.29, 1.82) is 0 Å². The van der Waals surface area contributed by atoms with Gasteiger partial charge in [0.1, 0.15) is 0 Å². The van der Waals surface area contributed by atoms with Crippen molar-refractivity contribution in [3.63, 3.8) is 0 Å². The molecule has 0 aromatic rings. The number of halogens is 3. The molecule has 0 saturated carbocycles. The summed E-state index contributed by atoms with van der Waals surface area (Å²) in [5.41, 5.74) is -0.837. The molecule has 0 aromatic carbocycles. The van der Waals surface area contributed by atoms with Crippen LogP contribution in [0.15, 0.2) is 0 Å². The third-order valence-electron chi connectivity index (χ3n) is 2.80. The number of hydrogen-bond donors (Lipinski definition) is 0. The Bertz CT molecular complexity index is 387. The molecule has 1 unspecified atom stereocenters. The average Bonchev–Trinajstić information content (AvgIpc) is 2.26. The maximum Gasteiger partial charge on any atom is 0.409 e. The van der Waals surface area contributed by atoms with Crippen LogP contribution < -0.4 is 0 Å². The number of carbonyl (C=O) groups excluding carboxylic acids is 3. The summed E-state index contributed by atoms with van der Waals surface area (Å²) in [5, 5.41) is 0. The van der Waals surface area contributed by atoms with E-state index in [2.05, 4.69) is 9.47 Å². The molecular weight excluding hydrogens is 281 g/mol. The van der Waals surface area contributed by atoms with Crippen LogP contribution in [0, 0.1) is 11.3 Å². The molecule has 0 amide bonds. The van der Waals surface area contributed by atoms with E-state index in [0.29, 0.717) is 13.3 Å². The highest BCUT2D eigenvalue weighted by Crippen LogP contribution is 2.28. The van der Waals surface area contributed by atoms with Crippen molar-refractivity contribution in [1.82, 2.24) is 0 Å². The minimum Gasteiger partial charge on any atom is -0.427 e. The Morgan fingerprint density at radius 2 is 1.60 bits per heavy atom. The lowest BCUT2D eigenvalue weighted by Gasteiger charge is -2.21. The van der Waals surface area contributed by atoms with Gasteiger partial charge in [-0.05, 0) is 27.2 Å². The number of alkyl halides is 3. The molecule has 0 bridgehead atoms. The molecule has 8 heteroatoms. The van der Waals surface area contributed by atoms with Gasteiger partial charge in [0.25, 0.3) is 0 Å². The Balaban J connectivity index is 4.50. The third-order valence-corrected chi connectivity index (χ3v) is 2.80. The maximum atomic E-state index is 12.4. The van der Waals surface area contributed by atoms with E-state index in [1.54, 1.807) is 20.8 Å². The van der Waals surface area contributed by atoms with Crippen molar-refractivity contribution in [3.8, 4) is 0 Å². The molecule has 1 atom stereocenters. The number of ether oxygens (including phenoxy) is 2. The van der Waals surface area contributed by atoms with E-state index in [1.165, 1.54) is 0 Å². The Labute approximate surface area is 114 Å². The van der Waals surface area contributed by atoms with Gasteiger partial charge in [0, 0.05) is 0 Å². The van der Waals surface area contributed by atoms with E-state index in [0.717, 1.165) is 0 Å². The summed E-state index contributed by atoms with van der Waals surface area (Å²) < 4.78 is 46.0. The van der Waals surface area contributed by atoms with E-state index in [1.807, 2.05) is 0 Å². The standard InChI is InChI=1S/C12H17F3O5/c1-5-11(3,4)10(18)20-6-19-9(17)8(7(2)16)12(13,14)15/h8H,5-6H2,1-4H3. The monoisotopic (exact) mass is 298 g/mol. The molecule has 0 aliphatic heterocycles. The first-order chi connectivity index (χ1) is 8.93. The second kappa shape index (κ2) is 6.71. The molecule has 0 aromatic heterocycles. The molecule has 0 aliphatic rings. The Hall–Kier alpha value is -1.60. The highest BCUT2D eigenvalue weighted by molar-refractivity contribution is 5.98. The first kappa shape index (κ1) is 18.4. The van der Waals surface area contributed by atoms with Crippen LogP contribution in [-0.2, 0) is 23.9 Å². The normalized spacial score (nSPS) is 13.6. The Morgan fingerprint density at radius 3 is 1.95 bits per heavy atom. The molecule has 116 valence electrons. The van der Waals surface area contributed by atoms with E-state index in [-0.39, 0.29) is 0 Å². The van der Waals surface area contributed by atoms with Crippen LogP contribution in [0.4, 0.5) is 13.2 Å². The predicted octanol–water partition coefficient (Wildman–Crippen LogP) is 2.23. The van der Waals surface area contributed by atoms with Crippen molar-refractivity contribution in [2.24, 2.45) is 11.3 Å². The topological polar surface area (TPSA) is 69.7 Å². The molecule has 0 aliphatic carbocycles. The summed E-state index contributed by atoms with van der Waals surface area (Å²) in [6, 6.07) is 0. The maximum absolute atomic E-state index is 12.4. The molecule has 0 fully saturated rings. The zero-order valence-electron chi connectivity index (χ0n) is 11.7. The summed E-state index contributed by atoms with van der Waals surface area (Å²) in [5.74, 6) is -6.74. The number of ketones is 1. The number of Topliss-reactive ketones (excluding diaryl/α,β-unsaturated/α-hetero) is 1. The molecule has 0 N–H and O–H groups in total. The first-order valence-corrected chi connectivity index (χ1v) is 5.84. The first-order valence-electron chi connectivity index (χ1n) is 5.84. The Kier molecular flexibility index (Phi) is 6.18. The SMILES string of the molecule is CCC(C)(C)C(=O)OCOC(=O)C(C(C)=O)C(F)(F)F. The van der Waals surface area contributed by atoms with Gasteiger partial charge >= 0.3 is 18.1 Å². The molecule has 0 heterocycles. The van der Waals surface area contributed by atoms with Crippen LogP contribution in [0.25, 0.3) is 0 Å². The average molecular weight is 298 g/mol. The lowest BCUT2D eigenvalue weighted by Crippen LogP contribution is -2.38. The van der Waals surface area contributed by atoms with E-state index in [9.17, 15) is 27.6 Å². The second-order valence-corrected chi connectivity index (χ2v) is 4.84. The van der Waals surface area contributed by atoms with Crippen molar-refractivity contribution in [2.45, 2.75) is 40.3 Å². The number of hydrogen-bond acceptors (Lipinski definition) is 5. The fourth-order valence-corrected chi connectivity index (χ4v) is 1.09. The van der Waals surface area contributed by atoms with Gasteiger partial charge in [-0.2, -0.15) is 13.2 Å². The molecule has 20 heavy (non-hydrogen) atoms. The van der Waals surface area contributed by atoms with Crippen LogP contribution in [0.3, 0.4) is 0 Å². The van der Waals surface area contributed by atoms with Crippen molar-refractivity contribution in [3.05, 3.63) is 0 Å². The van der Waals surface area contributed by atoms with Gasteiger partial charge < -0.3 is 9.47 Å². The molecular formula is C12H17F3O5. The van der Waals surface area contributed by atoms with E-state index >= 15 is 0 Å². The zero-order valence-corrected chi connectivity index (χ0v) is 11.7. The van der Waals surface area contributed by atoms with Crippen LogP contribution in [0.1, 0.15) is 34.1 Å². The van der Waals surface area contributed by atoms with E-state index < -0.39 is 42.0 Å². The van der Waals surface area contributed by atoms with Gasteiger partial charge in [-0.1, -0.05) is 6.92 Å². The largest absolute Gasteiger partial charge is 0.427 e. The summed E-state index contributed by atoms with van der Waals surface area (Å²) in [4.78, 5) is 33.5. The summed E-state index contributed by atoms with van der Waals surface area (Å²) in [7, 11) is 0. The zero-order chi connectivity index (χ0) is 16.1. The summed E-state index contributed by atoms with van der Waals surface area (Å²) in [6.45, 7) is 4.55. The van der Waals surface area contributed by atoms with Crippen molar-refractivity contribution in [2.75, 3.05) is 6.79 Å². The number of carbonyl (C=O) groups is 3. The van der Waals surface area contributed by atoms with Crippen LogP contribution in [0.5, 0.6) is 0 Å². The highest BCUT2D eigenvalue weighted by Gasteiger charge is 2.49. The summed E-state index contributed by atoms with van der Waals surface area (Å²) >= 11 is 0. The lowest BCUT2D eigenvalue weighted by atomic mass is 9.91. The second-order valence-electron chi connectivity index (χ2n) is 4.84. The van der Waals surface area contributed by atoms with E-state index in [4.69, 9.17) is 0 Å². The van der Waals surface area contributed by atoms with Crippen molar-refractivity contribution >= 4 is 17.7 Å². The van der Waals surface area contributed by atoms with Gasteiger partial charge in [0.15, 0.2) is 5.78 Å². The minimum atomic E-state index is -5.03. The number of rotatable bonds is 6. The van der Waals surface area contributed by atoms with Crippen LogP contribution in [0.2, 0.25) is 0 Å². The third kappa shape index (κ3) is 5.18. The van der Waals surface area contributed by atoms with Gasteiger partial charge in [0.2, 0.25) is 12.7 Å². The van der Waals surface area contributed by atoms with Crippen molar-refractivity contribution < 1.29 is 37.0 Å². The smallest absolute Gasteiger partial charge is 0.409 e. The fourth-order valence-electron chi connectivity index (χ4n) is 1.09. The quantitative estimate of drug-likeness (QED) is 0.427. The Morgan fingerprint density at radius 1 is 1.10 bits per heavy atom. The number of esters is 2. The predicted molar refractivity (Wildman–Crippen MR) is 61.3 cm³/mol. The molecule has 0 radical (unpaired) electrons. The summed E-state index contributed by atoms with van der Waals surface area (Å²) in [6.07, 6.45) is -4.59. The van der Waals surface area contributed by atoms with Gasteiger partial charge in [-0.3, -0.25) is 14.4 Å². The van der Waals surface area contributed by atoms with Crippen LogP contribution in [-0.4, -0.2) is 30.7 Å². The van der Waals surface area contributed by atoms with Crippen LogP contribution >= 0.6 is 0 Å². The van der Waals surface area contributed by atoms with Gasteiger partial charge in [0.05, 0.1) is 5.41 Å². The lowest BCUT2D eigenvalue weighted by molar-refractivity contribution is -0.204. The van der Waals surface area contributed by atoms with Gasteiger partial charge in [-0.15, -0.1) is 0 Å². The highest BCUT2D eigenvalue weighted by atomic mass is 19.4. The minimum absolute atomic E-state index is 0.443. The fraction of sp³-hybridized carbons (Fsp3) is 0.750. The molecule has 0 saturated heterocycles.